The maximum atomic E-state index is 12.0. The Morgan fingerprint density at radius 1 is 1.33 bits per heavy atom. The second-order valence-corrected chi connectivity index (χ2v) is 5.48. The normalized spacial score (nSPS) is 34.9. The van der Waals surface area contributed by atoms with Crippen LogP contribution in [0.1, 0.15) is 5.56 Å². The number of rotatable bonds is 3. The molecule has 0 aromatic heterocycles. The molecule has 0 amide bonds. The van der Waals surface area contributed by atoms with Crippen LogP contribution in [0.3, 0.4) is 0 Å². The van der Waals surface area contributed by atoms with E-state index in [1.807, 2.05) is 31.2 Å². The molecule has 3 nitrogen and oxygen atoms in total. The number of epoxide rings is 2. The lowest BCUT2D eigenvalue weighted by Crippen LogP contribution is -2.07. The third-order valence-corrected chi connectivity index (χ3v) is 4.21. The van der Waals surface area contributed by atoms with Gasteiger partial charge in [-0.25, -0.2) is 0 Å². The molecule has 4 heteroatoms. The quantitative estimate of drug-likeness (QED) is 0.725. The summed E-state index contributed by atoms with van der Waals surface area (Å²) in [5.41, 5.74) is 1.02. The van der Waals surface area contributed by atoms with Gasteiger partial charge in [-0.1, -0.05) is 17.7 Å². The summed E-state index contributed by atoms with van der Waals surface area (Å²) < 4.78 is 22.5. The standard InChI is InChI=1S/C11H12O3S/c1-7-2-4-8(5-3-7)15(12)11-10(14-11)9-6-13-9/h2-5,9-11H,6H2,1H3/t9-,10+,11-,15+/m1/s1. The van der Waals surface area contributed by atoms with Crippen LogP contribution >= 0.6 is 0 Å². The highest BCUT2D eigenvalue weighted by atomic mass is 32.2. The molecular weight excluding hydrogens is 212 g/mol. The van der Waals surface area contributed by atoms with Crippen molar-refractivity contribution in [2.75, 3.05) is 6.61 Å². The first-order chi connectivity index (χ1) is 7.25. The lowest BCUT2D eigenvalue weighted by Gasteiger charge is -1.98. The molecule has 2 heterocycles. The SMILES string of the molecule is Cc1ccc([S@](=O)[C@H]2O[C@H]2[C@H]2CO2)cc1. The average molecular weight is 224 g/mol. The Balaban J connectivity index is 1.72. The highest BCUT2D eigenvalue weighted by Gasteiger charge is 2.54. The number of benzene rings is 1. The van der Waals surface area contributed by atoms with E-state index in [1.54, 1.807) is 0 Å². The molecule has 2 saturated heterocycles. The third-order valence-electron chi connectivity index (χ3n) is 2.67. The van der Waals surface area contributed by atoms with Gasteiger partial charge in [-0.3, -0.25) is 4.21 Å². The molecule has 0 radical (unpaired) electrons. The van der Waals surface area contributed by atoms with Gasteiger partial charge in [-0.2, -0.15) is 0 Å². The number of aryl methyl sites for hydroxylation is 1. The summed E-state index contributed by atoms with van der Waals surface area (Å²) in [5.74, 6) is 0. The fourth-order valence-corrected chi connectivity index (χ4v) is 2.92. The van der Waals surface area contributed by atoms with Crippen molar-refractivity contribution in [3.63, 3.8) is 0 Å². The van der Waals surface area contributed by atoms with Gasteiger partial charge < -0.3 is 9.47 Å². The van der Waals surface area contributed by atoms with Gasteiger partial charge in [0.1, 0.15) is 12.2 Å². The molecule has 0 N–H and O–H groups in total. The van der Waals surface area contributed by atoms with Crippen molar-refractivity contribution in [3.8, 4) is 0 Å². The predicted octanol–water partition coefficient (Wildman–Crippen LogP) is 1.23. The van der Waals surface area contributed by atoms with Crippen LogP contribution in [0.5, 0.6) is 0 Å². The highest BCUT2D eigenvalue weighted by molar-refractivity contribution is 7.85. The van der Waals surface area contributed by atoms with E-state index in [2.05, 4.69) is 0 Å². The molecule has 15 heavy (non-hydrogen) atoms. The average Bonchev–Trinajstić information content (AvgIpc) is 3.09. The Morgan fingerprint density at radius 3 is 2.60 bits per heavy atom. The van der Waals surface area contributed by atoms with Crippen LogP contribution in [0, 0.1) is 6.92 Å². The Hall–Kier alpha value is -0.710. The molecule has 2 aliphatic heterocycles. The molecule has 4 atom stereocenters. The van der Waals surface area contributed by atoms with Crippen molar-refractivity contribution in [3.05, 3.63) is 29.8 Å². The van der Waals surface area contributed by atoms with E-state index >= 15 is 0 Å². The summed E-state index contributed by atoms with van der Waals surface area (Å²) in [6.45, 7) is 2.77. The van der Waals surface area contributed by atoms with Gasteiger partial charge in [-0.15, -0.1) is 0 Å². The van der Waals surface area contributed by atoms with Crippen LogP contribution in [0.25, 0.3) is 0 Å². The first-order valence-corrected chi connectivity index (χ1v) is 6.21. The van der Waals surface area contributed by atoms with Gasteiger partial charge in [-0.05, 0) is 19.1 Å². The van der Waals surface area contributed by atoms with Crippen molar-refractivity contribution >= 4 is 10.8 Å². The minimum absolute atomic E-state index is 0.0622. The van der Waals surface area contributed by atoms with Crippen molar-refractivity contribution in [1.82, 2.24) is 0 Å². The van der Waals surface area contributed by atoms with Crippen LogP contribution in [0.15, 0.2) is 29.2 Å². The van der Waals surface area contributed by atoms with Gasteiger partial charge in [0.2, 0.25) is 0 Å². The van der Waals surface area contributed by atoms with Crippen molar-refractivity contribution in [1.29, 1.82) is 0 Å². The lowest BCUT2D eigenvalue weighted by molar-refractivity contribution is 0.323. The summed E-state index contributed by atoms with van der Waals surface area (Å²) in [6, 6.07) is 7.74. The zero-order chi connectivity index (χ0) is 10.4. The van der Waals surface area contributed by atoms with Gasteiger partial charge >= 0.3 is 0 Å². The van der Waals surface area contributed by atoms with E-state index in [1.165, 1.54) is 5.56 Å². The maximum absolute atomic E-state index is 12.0. The monoisotopic (exact) mass is 224 g/mol. The number of hydrogen-bond donors (Lipinski definition) is 0. The molecule has 80 valence electrons. The van der Waals surface area contributed by atoms with E-state index in [4.69, 9.17) is 9.47 Å². The summed E-state index contributed by atoms with van der Waals surface area (Å²) in [5, 5.41) is 0. The van der Waals surface area contributed by atoms with Crippen LogP contribution in [-0.4, -0.2) is 28.5 Å². The van der Waals surface area contributed by atoms with Crippen molar-refractivity contribution in [2.45, 2.75) is 29.5 Å². The first-order valence-electron chi connectivity index (χ1n) is 5.00. The van der Waals surface area contributed by atoms with Crippen molar-refractivity contribution in [2.24, 2.45) is 0 Å². The minimum atomic E-state index is -1.05. The van der Waals surface area contributed by atoms with Gasteiger partial charge in [0.25, 0.3) is 0 Å². The van der Waals surface area contributed by atoms with Crippen LogP contribution in [0.4, 0.5) is 0 Å². The van der Waals surface area contributed by atoms with Crippen LogP contribution in [-0.2, 0) is 20.3 Å². The zero-order valence-electron chi connectivity index (χ0n) is 8.38. The maximum Gasteiger partial charge on any atom is 0.166 e. The summed E-state index contributed by atoms with van der Waals surface area (Å²) in [4.78, 5) is 0.841. The summed E-state index contributed by atoms with van der Waals surface area (Å²) in [6.07, 6.45) is 0.261. The fraction of sp³-hybridized carbons (Fsp3) is 0.455. The second kappa shape index (κ2) is 3.40. The van der Waals surface area contributed by atoms with Gasteiger partial charge in [0.15, 0.2) is 5.44 Å². The smallest absolute Gasteiger partial charge is 0.166 e. The first kappa shape index (κ1) is 9.51. The Kier molecular flexibility index (Phi) is 2.16. The Morgan fingerprint density at radius 2 is 2.00 bits per heavy atom. The van der Waals surface area contributed by atoms with E-state index in [0.717, 1.165) is 11.5 Å². The molecule has 0 bridgehead atoms. The van der Waals surface area contributed by atoms with Gasteiger partial charge in [0.05, 0.1) is 17.4 Å². The van der Waals surface area contributed by atoms with E-state index in [9.17, 15) is 4.21 Å². The molecule has 3 rings (SSSR count). The molecule has 0 spiro atoms. The molecule has 1 aromatic carbocycles. The summed E-state index contributed by atoms with van der Waals surface area (Å²) in [7, 11) is -1.05. The lowest BCUT2D eigenvalue weighted by atomic mass is 10.2. The van der Waals surface area contributed by atoms with Crippen molar-refractivity contribution < 1.29 is 13.7 Å². The Bertz CT molecular complexity index is 397. The number of ether oxygens (including phenoxy) is 2. The van der Waals surface area contributed by atoms with E-state index < -0.39 is 10.8 Å². The van der Waals surface area contributed by atoms with Crippen LogP contribution in [0.2, 0.25) is 0 Å². The molecule has 0 aliphatic carbocycles. The minimum Gasteiger partial charge on any atom is -0.370 e. The van der Waals surface area contributed by atoms with Crippen LogP contribution < -0.4 is 0 Å². The second-order valence-electron chi connectivity index (χ2n) is 3.95. The fourth-order valence-electron chi connectivity index (χ4n) is 1.60. The molecule has 2 fully saturated rings. The largest absolute Gasteiger partial charge is 0.370 e. The third kappa shape index (κ3) is 1.85. The van der Waals surface area contributed by atoms with Gasteiger partial charge in [0, 0.05) is 4.90 Å². The topological polar surface area (TPSA) is 42.1 Å². The summed E-state index contributed by atoms with van der Waals surface area (Å²) >= 11 is 0. The van der Waals surface area contributed by atoms with E-state index in [0.29, 0.717) is 0 Å². The highest BCUT2D eigenvalue weighted by Crippen LogP contribution is 2.37. The number of hydrogen-bond acceptors (Lipinski definition) is 3. The predicted molar refractivity (Wildman–Crippen MR) is 56.0 cm³/mol. The Labute approximate surface area is 90.8 Å². The zero-order valence-corrected chi connectivity index (χ0v) is 9.20. The molecule has 0 unspecified atom stereocenters. The van der Waals surface area contributed by atoms with E-state index in [-0.39, 0.29) is 17.6 Å². The molecule has 1 aromatic rings. The molecule has 0 saturated carbocycles. The molecule has 2 aliphatic rings. The molecular formula is C11H12O3S.